The summed E-state index contributed by atoms with van der Waals surface area (Å²) in [4.78, 5) is 11.4. The molecule has 0 unspecified atom stereocenters. The van der Waals surface area contributed by atoms with E-state index in [0.29, 0.717) is 31.4 Å². The molecule has 33 heavy (non-hydrogen) atoms. The lowest BCUT2D eigenvalue weighted by atomic mass is 9.54. The second kappa shape index (κ2) is 7.90. The molecule has 2 N–H and O–H groups in total. The van der Waals surface area contributed by atoms with Crippen LogP contribution in [0.25, 0.3) is 0 Å². The highest BCUT2D eigenvalue weighted by molar-refractivity contribution is 6.74. The molecule has 1 aromatic carbocycles. The van der Waals surface area contributed by atoms with Gasteiger partial charge in [-0.15, -0.1) is 0 Å². The van der Waals surface area contributed by atoms with Gasteiger partial charge in [-0.05, 0) is 91.2 Å². The second-order valence-corrected chi connectivity index (χ2v) is 17.4. The Morgan fingerprint density at radius 2 is 1.79 bits per heavy atom. The lowest BCUT2D eigenvalue weighted by Gasteiger charge is -2.58. The summed E-state index contributed by atoms with van der Waals surface area (Å²) >= 11 is 0. The zero-order valence-corrected chi connectivity index (χ0v) is 22.5. The molecule has 184 valence electrons. The van der Waals surface area contributed by atoms with Crippen LogP contribution in [0.15, 0.2) is 18.2 Å². The maximum absolute atomic E-state index is 12.2. The van der Waals surface area contributed by atoms with Crippen molar-refractivity contribution >= 4 is 14.3 Å². The van der Waals surface area contributed by atoms with Gasteiger partial charge in [0.05, 0.1) is 17.3 Å². The zero-order chi connectivity index (χ0) is 24.4. The number of hydrogen-bond donors (Lipinski definition) is 2. The fraction of sp³-hybridized carbons (Fsp3) is 0.741. The number of aliphatic hydroxyl groups is 2. The second-order valence-electron chi connectivity index (χ2n) is 12.7. The van der Waals surface area contributed by atoms with Gasteiger partial charge in [0.1, 0.15) is 5.75 Å². The summed E-state index contributed by atoms with van der Waals surface area (Å²) in [6.07, 6.45) is 4.96. The van der Waals surface area contributed by atoms with Crippen molar-refractivity contribution in [2.24, 2.45) is 11.3 Å². The maximum Gasteiger partial charge on any atom is 0.308 e. The molecule has 0 aliphatic heterocycles. The van der Waals surface area contributed by atoms with Gasteiger partial charge in [0, 0.05) is 13.3 Å². The molecule has 0 amide bonds. The minimum atomic E-state index is -1.95. The Hall–Kier alpha value is -1.21. The average Bonchev–Trinajstić information content (AvgIpc) is 2.94. The van der Waals surface area contributed by atoms with E-state index >= 15 is 0 Å². The Morgan fingerprint density at radius 1 is 1.09 bits per heavy atom. The number of carbonyl (C=O) groups excluding carboxylic acids is 1. The van der Waals surface area contributed by atoms with Crippen molar-refractivity contribution in [3.63, 3.8) is 0 Å². The van der Waals surface area contributed by atoms with E-state index in [2.05, 4.69) is 40.8 Å². The molecule has 0 heterocycles. The molecule has 0 spiro atoms. The SMILES string of the molecule is CC(=O)Oc1ccc2c(c1)C[C@@]1(O)CC[C@]3(C)[C@@H](O[Si](C)(C)C(C)(C)C)CC[C@H]3[C@@]1(O)CC2. The first-order valence-electron chi connectivity index (χ1n) is 12.5. The van der Waals surface area contributed by atoms with Crippen LogP contribution >= 0.6 is 0 Å². The molecule has 1 aromatic rings. The molecule has 2 fully saturated rings. The van der Waals surface area contributed by atoms with Crippen molar-refractivity contribution < 1.29 is 24.2 Å². The first-order chi connectivity index (χ1) is 15.1. The zero-order valence-electron chi connectivity index (χ0n) is 21.5. The summed E-state index contributed by atoms with van der Waals surface area (Å²) in [6.45, 7) is 15.1. The Balaban J connectivity index is 1.64. The highest BCUT2D eigenvalue weighted by Gasteiger charge is 2.67. The maximum atomic E-state index is 12.2. The molecule has 0 aromatic heterocycles. The molecule has 3 aliphatic rings. The standard InChI is InChI=1S/C27H42O5Si/c1-18(28)31-21-9-8-19-12-13-27(30)22-10-11-23(32-33(6,7)24(2,3)4)25(22,5)14-15-26(27,29)17-20(19)16-21/h8-9,16,22-23,29-30H,10-15,17H2,1-7H3/t22-,23+,25+,26+,27+/m1/s1. The number of hydrogen-bond acceptors (Lipinski definition) is 5. The van der Waals surface area contributed by atoms with Crippen LogP contribution in [0.1, 0.15) is 77.8 Å². The molecular weight excluding hydrogens is 432 g/mol. The van der Waals surface area contributed by atoms with E-state index in [0.717, 1.165) is 30.4 Å². The summed E-state index contributed by atoms with van der Waals surface area (Å²) < 4.78 is 12.2. The predicted molar refractivity (Wildman–Crippen MR) is 132 cm³/mol. The summed E-state index contributed by atoms with van der Waals surface area (Å²) in [7, 11) is -1.95. The summed E-state index contributed by atoms with van der Waals surface area (Å²) in [5.41, 5.74) is -0.399. The Morgan fingerprint density at radius 3 is 2.42 bits per heavy atom. The van der Waals surface area contributed by atoms with E-state index < -0.39 is 19.5 Å². The van der Waals surface area contributed by atoms with Gasteiger partial charge < -0.3 is 19.4 Å². The number of fused-ring (bicyclic) bond motifs is 4. The van der Waals surface area contributed by atoms with Gasteiger partial charge in [-0.1, -0.05) is 33.8 Å². The van der Waals surface area contributed by atoms with Crippen molar-refractivity contribution in [3.05, 3.63) is 29.3 Å². The van der Waals surface area contributed by atoms with Crippen molar-refractivity contribution in [2.45, 2.75) is 115 Å². The molecule has 0 bridgehead atoms. The molecule has 0 saturated heterocycles. The van der Waals surface area contributed by atoms with Gasteiger partial charge in [0.2, 0.25) is 0 Å². The third-order valence-corrected chi connectivity index (χ3v) is 14.1. The summed E-state index contributed by atoms with van der Waals surface area (Å²) in [5.74, 6) is 0.145. The molecule has 3 aliphatic carbocycles. The van der Waals surface area contributed by atoms with Crippen LogP contribution in [0, 0.1) is 11.3 Å². The number of ether oxygens (including phenoxy) is 1. The largest absolute Gasteiger partial charge is 0.427 e. The molecule has 5 atom stereocenters. The first-order valence-corrected chi connectivity index (χ1v) is 15.4. The van der Waals surface area contributed by atoms with Crippen LogP contribution < -0.4 is 4.74 Å². The van der Waals surface area contributed by atoms with Crippen LogP contribution in [0.2, 0.25) is 18.1 Å². The normalized spacial score (nSPS) is 36.4. The first kappa shape index (κ1) is 24.9. The van der Waals surface area contributed by atoms with Gasteiger partial charge in [-0.2, -0.15) is 0 Å². The topological polar surface area (TPSA) is 76.0 Å². The minimum absolute atomic E-state index is 0.000714. The Labute approximate surface area is 200 Å². The summed E-state index contributed by atoms with van der Waals surface area (Å²) in [6, 6.07) is 5.66. The average molecular weight is 475 g/mol. The van der Waals surface area contributed by atoms with E-state index in [1.54, 1.807) is 0 Å². The van der Waals surface area contributed by atoms with Crippen LogP contribution in [-0.2, 0) is 22.1 Å². The fourth-order valence-corrected chi connectivity index (χ4v) is 8.05. The third kappa shape index (κ3) is 4.01. The van der Waals surface area contributed by atoms with Gasteiger partial charge in [0.15, 0.2) is 8.32 Å². The molecular formula is C27H42O5Si. The Bertz CT molecular complexity index is 937. The number of benzene rings is 1. The number of esters is 1. The predicted octanol–water partition coefficient (Wildman–Crippen LogP) is 5.16. The highest BCUT2D eigenvalue weighted by Crippen LogP contribution is 2.62. The molecule has 6 heteroatoms. The minimum Gasteiger partial charge on any atom is -0.427 e. The number of rotatable bonds is 3. The van der Waals surface area contributed by atoms with Gasteiger partial charge in [-0.3, -0.25) is 4.79 Å². The van der Waals surface area contributed by atoms with E-state index in [1.165, 1.54) is 6.92 Å². The lowest BCUT2D eigenvalue weighted by molar-refractivity contribution is -0.236. The summed E-state index contributed by atoms with van der Waals surface area (Å²) in [5, 5.41) is 24.4. The van der Waals surface area contributed by atoms with E-state index in [1.807, 2.05) is 18.2 Å². The van der Waals surface area contributed by atoms with Crippen molar-refractivity contribution in [3.8, 4) is 5.75 Å². The van der Waals surface area contributed by atoms with Gasteiger partial charge in [-0.25, -0.2) is 0 Å². The fourth-order valence-electron chi connectivity index (χ4n) is 6.59. The van der Waals surface area contributed by atoms with Crippen molar-refractivity contribution in [2.75, 3.05) is 0 Å². The smallest absolute Gasteiger partial charge is 0.308 e. The third-order valence-electron chi connectivity index (χ3n) is 9.65. The van der Waals surface area contributed by atoms with Gasteiger partial charge >= 0.3 is 5.97 Å². The van der Waals surface area contributed by atoms with Crippen LogP contribution in [0.4, 0.5) is 0 Å². The van der Waals surface area contributed by atoms with E-state index in [9.17, 15) is 15.0 Å². The quantitative estimate of drug-likeness (QED) is 0.359. The number of aryl methyl sites for hydroxylation is 1. The monoisotopic (exact) mass is 474 g/mol. The lowest BCUT2D eigenvalue weighted by Crippen LogP contribution is -2.66. The molecule has 4 rings (SSSR count). The van der Waals surface area contributed by atoms with Crippen molar-refractivity contribution in [1.29, 1.82) is 0 Å². The number of carbonyl (C=O) groups is 1. The molecule has 5 nitrogen and oxygen atoms in total. The van der Waals surface area contributed by atoms with Gasteiger partial charge in [0.25, 0.3) is 0 Å². The molecule has 0 radical (unpaired) electrons. The van der Waals surface area contributed by atoms with E-state index in [4.69, 9.17) is 9.16 Å². The highest BCUT2D eigenvalue weighted by atomic mass is 28.4. The van der Waals surface area contributed by atoms with Crippen LogP contribution in [0.5, 0.6) is 5.75 Å². The van der Waals surface area contributed by atoms with Crippen molar-refractivity contribution in [1.82, 2.24) is 0 Å². The molecule has 2 saturated carbocycles. The van der Waals surface area contributed by atoms with Crippen LogP contribution in [-0.4, -0.2) is 41.8 Å². The van der Waals surface area contributed by atoms with Crippen LogP contribution in [0.3, 0.4) is 0 Å². The van der Waals surface area contributed by atoms with E-state index in [-0.39, 0.29) is 28.4 Å². The Kier molecular flexibility index (Phi) is 5.96.